The zero-order valence-corrected chi connectivity index (χ0v) is 21.1. The molecule has 2 aromatic rings. The number of carbonyl (C=O) groups excluding carboxylic acids is 3. The predicted octanol–water partition coefficient (Wildman–Crippen LogP) is 3.18. The number of aromatic amines is 1. The molecule has 0 bridgehead atoms. The van der Waals surface area contributed by atoms with Gasteiger partial charge >= 0.3 is 0 Å². The van der Waals surface area contributed by atoms with Crippen molar-refractivity contribution >= 4 is 40.2 Å². The maximum atomic E-state index is 14.3. The molecule has 11 heteroatoms. The van der Waals surface area contributed by atoms with E-state index in [1.165, 1.54) is 19.2 Å². The van der Waals surface area contributed by atoms with E-state index < -0.39 is 29.7 Å². The number of amides is 3. The molecule has 0 radical (unpaired) electrons. The highest BCUT2D eigenvalue weighted by Gasteiger charge is 2.39. The van der Waals surface area contributed by atoms with Gasteiger partial charge in [0.2, 0.25) is 11.8 Å². The summed E-state index contributed by atoms with van der Waals surface area (Å²) in [6, 6.07) is 3.12. The molecule has 36 heavy (non-hydrogen) atoms. The van der Waals surface area contributed by atoms with E-state index in [1.807, 2.05) is 13.8 Å². The van der Waals surface area contributed by atoms with Crippen LogP contribution in [0, 0.1) is 29.0 Å². The van der Waals surface area contributed by atoms with Gasteiger partial charge in [-0.15, -0.1) is 0 Å². The van der Waals surface area contributed by atoms with Crippen LogP contribution in [0.2, 0.25) is 5.02 Å². The minimum atomic E-state index is -0.872. The number of nitrogens with one attached hydrogen (secondary N) is 4. The van der Waals surface area contributed by atoms with Gasteiger partial charge in [0.25, 0.3) is 5.91 Å². The van der Waals surface area contributed by atoms with Crippen molar-refractivity contribution in [2.45, 2.75) is 63.6 Å². The lowest BCUT2D eigenvalue weighted by Gasteiger charge is -2.21. The van der Waals surface area contributed by atoms with Crippen molar-refractivity contribution in [2.24, 2.45) is 11.8 Å². The number of benzene rings is 1. The fourth-order valence-corrected chi connectivity index (χ4v) is 4.95. The van der Waals surface area contributed by atoms with E-state index in [-0.39, 0.29) is 40.3 Å². The summed E-state index contributed by atoms with van der Waals surface area (Å²) >= 11 is 5.92. The van der Waals surface area contributed by atoms with E-state index in [9.17, 15) is 24.0 Å². The van der Waals surface area contributed by atoms with Gasteiger partial charge in [0.1, 0.15) is 17.8 Å². The summed E-state index contributed by atoms with van der Waals surface area (Å²) in [7, 11) is 1.30. The molecule has 192 valence electrons. The number of fused-ring (bicyclic) bond motifs is 1. The van der Waals surface area contributed by atoms with Gasteiger partial charge in [0, 0.05) is 16.8 Å². The molecule has 2 aliphatic rings. The van der Waals surface area contributed by atoms with E-state index in [2.05, 4.69) is 27.0 Å². The third-order valence-electron chi connectivity index (χ3n) is 6.69. The molecule has 9 nitrogen and oxygen atoms in total. The first-order chi connectivity index (χ1) is 17.0. The minimum Gasteiger partial charge on any atom is -0.493 e. The van der Waals surface area contributed by atoms with Crippen LogP contribution in [0.1, 0.15) is 56.4 Å². The lowest BCUT2D eigenvalue weighted by Crippen LogP contribution is -2.50. The molecule has 3 atom stereocenters. The number of ether oxygens (including phenoxy) is 1. The van der Waals surface area contributed by atoms with E-state index in [0.29, 0.717) is 29.7 Å². The summed E-state index contributed by atoms with van der Waals surface area (Å²) in [4.78, 5) is 41.3. The Bertz CT molecular complexity index is 1250. The summed E-state index contributed by atoms with van der Waals surface area (Å²) in [6.45, 7) is 3.82. The molecule has 3 amide bonds. The predicted molar refractivity (Wildman–Crippen MR) is 131 cm³/mol. The minimum absolute atomic E-state index is 0.0870. The fraction of sp³-hybridized carbons (Fsp3) is 0.520. The van der Waals surface area contributed by atoms with Crippen LogP contribution in [0.15, 0.2) is 12.1 Å². The molecule has 1 aromatic heterocycles. The largest absolute Gasteiger partial charge is 0.493 e. The van der Waals surface area contributed by atoms with Gasteiger partial charge in [0.15, 0.2) is 11.6 Å². The highest BCUT2D eigenvalue weighted by molar-refractivity contribution is 6.31. The summed E-state index contributed by atoms with van der Waals surface area (Å²) in [5, 5.41) is 18.1. The summed E-state index contributed by atoms with van der Waals surface area (Å²) in [6.07, 6.45) is 3.10. The topological polar surface area (TPSA) is 136 Å². The van der Waals surface area contributed by atoms with Crippen molar-refractivity contribution in [3.05, 3.63) is 28.7 Å². The summed E-state index contributed by atoms with van der Waals surface area (Å²) < 4.78 is 19.4. The Balaban J connectivity index is 1.47. The van der Waals surface area contributed by atoms with Crippen molar-refractivity contribution in [1.29, 1.82) is 5.26 Å². The van der Waals surface area contributed by atoms with E-state index >= 15 is 0 Å². The first-order valence-electron chi connectivity index (χ1n) is 11.9. The molecule has 1 saturated heterocycles. The van der Waals surface area contributed by atoms with E-state index in [1.54, 1.807) is 0 Å². The van der Waals surface area contributed by atoms with Gasteiger partial charge in [0.05, 0.1) is 23.7 Å². The van der Waals surface area contributed by atoms with Crippen LogP contribution >= 0.6 is 11.6 Å². The maximum absolute atomic E-state index is 14.3. The molecule has 1 aliphatic heterocycles. The van der Waals surface area contributed by atoms with Gasteiger partial charge in [-0.1, -0.05) is 24.4 Å². The van der Waals surface area contributed by atoms with Crippen LogP contribution in [0.5, 0.6) is 5.75 Å². The lowest BCUT2D eigenvalue weighted by molar-refractivity contribution is -0.125. The molecular formula is C25H29ClFN5O4. The van der Waals surface area contributed by atoms with Crippen molar-refractivity contribution in [3.63, 3.8) is 0 Å². The highest BCUT2D eigenvalue weighted by atomic mass is 35.5. The summed E-state index contributed by atoms with van der Waals surface area (Å²) in [5.41, 5.74) is 0.165. The highest BCUT2D eigenvalue weighted by Crippen LogP contribution is 2.35. The Kier molecular flexibility index (Phi) is 7.14. The number of carbonyl (C=O) groups is 3. The zero-order chi connectivity index (χ0) is 26.2. The van der Waals surface area contributed by atoms with Crippen LogP contribution in [0.25, 0.3) is 10.9 Å². The van der Waals surface area contributed by atoms with Crippen LogP contribution in [0.3, 0.4) is 0 Å². The molecule has 0 spiro atoms. The SMILES string of the molecule is COc1c(F)c(Cl)cc2[nH]c(C(=O)NC(CC3CC3)C(=O)NC(C#N)CC3CC(C)(C)NC3=O)cc12. The smallest absolute Gasteiger partial charge is 0.268 e. The second kappa shape index (κ2) is 9.97. The third kappa shape index (κ3) is 5.57. The molecule has 4 N–H and O–H groups in total. The first kappa shape index (κ1) is 25.8. The summed E-state index contributed by atoms with van der Waals surface area (Å²) in [5.74, 6) is -2.07. The lowest BCUT2D eigenvalue weighted by atomic mass is 9.92. The van der Waals surface area contributed by atoms with Crippen LogP contribution in [-0.4, -0.2) is 47.4 Å². The maximum Gasteiger partial charge on any atom is 0.268 e. The number of rotatable bonds is 9. The van der Waals surface area contributed by atoms with Crippen LogP contribution in [0.4, 0.5) is 4.39 Å². The van der Waals surface area contributed by atoms with Gasteiger partial charge < -0.3 is 25.7 Å². The molecule has 1 aliphatic carbocycles. The zero-order valence-electron chi connectivity index (χ0n) is 20.3. The molecule has 4 rings (SSSR count). The van der Waals surface area contributed by atoms with Gasteiger partial charge in [-0.25, -0.2) is 4.39 Å². The normalized spacial score (nSPS) is 20.3. The van der Waals surface area contributed by atoms with Crippen molar-refractivity contribution in [3.8, 4) is 11.8 Å². The molecule has 2 fully saturated rings. The second-order valence-electron chi connectivity index (χ2n) is 10.3. The number of nitrogens with zero attached hydrogens (tertiary/aromatic N) is 1. The van der Waals surface area contributed by atoms with Crippen molar-refractivity contribution in [1.82, 2.24) is 20.9 Å². The van der Waals surface area contributed by atoms with Crippen LogP contribution in [-0.2, 0) is 9.59 Å². The van der Waals surface area contributed by atoms with E-state index in [4.69, 9.17) is 16.3 Å². The number of aromatic nitrogens is 1. The Morgan fingerprint density at radius 3 is 2.61 bits per heavy atom. The van der Waals surface area contributed by atoms with Crippen molar-refractivity contribution in [2.75, 3.05) is 7.11 Å². The molecule has 1 aromatic carbocycles. The van der Waals surface area contributed by atoms with Crippen molar-refractivity contribution < 1.29 is 23.5 Å². The Morgan fingerprint density at radius 1 is 1.31 bits per heavy atom. The van der Waals surface area contributed by atoms with E-state index in [0.717, 1.165) is 12.8 Å². The number of hydrogen-bond donors (Lipinski definition) is 4. The third-order valence-corrected chi connectivity index (χ3v) is 6.97. The van der Waals surface area contributed by atoms with Gasteiger partial charge in [-0.2, -0.15) is 5.26 Å². The second-order valence-corrected chi connectivity index (χ2v) is 10.7. The molecule has 2 heterocycles. The Morgan fingerprint density at radius 2 is 2.03 bits per heavy atom. The Labute approximate surface area is 213 Å². The number of hydrogen-bond acceptors (Lipinski definition) is 5. The number of methoxy groups -OCH3 is 1. The molecule has 1 saturated carbocycles. The number of halogens is 2. The van der Waals surface area contributed by atoms with Crippen LogP contribution < -0.4 is 20.7 Å². The standard InChI is InChI=1S/C25H29ClFN5O4/c1-25(2)10-13(22(33)32-25)7-14(11-28)29-23(34)18(6-12-4-5-12)31-24(35)19-8-15-17(30-19)9-16(26)20(27)21(15)36-3/h8-9,12-14,18,30H,4-7,10H2,1-3H3,(H,29,34)(H,31,35)(H,32,33). The monoisotopic (exact) mass is 517 g/mol. The molecule has 3 unspecified atom stereocenters. The average molecular weight is 518 g/mol. The van der Waals surface area contributed by atoms with Gasteiger partial charge in [-0.05, 0) is 51.2 Å². The average Bonchev–Trinajstić information content (AvgIpc) is 3.47. The first-order valence-corrected chi connectivity index (χ1v) is 12.3. The fourth-order valence-electron chi connectivity index (χ4n) is 4.75. The molecular weight excluding hydrogens is 489 g/mol. The van der Waals surface area contributed by atoms with Gasteiger partial charge in [-0.3, -0.25) is 14.4 Å². The number of nitriles is 1. The quantitative estimate of drug-likeness (QED) is 0.405. The number of H-pyrrole nitrogens is 1. The Hall–Kier alpha value is -3.32.